The van der Waals surface area contributed by atoms with Crippen molar-refractivity contribution in [3.05, 3.63) is 46.0 Å². The van der Waals surface area contributed by atoms with Crippen LogP contribution in [-0.2, 0) is 16.4 Å². The third-order valence-electron chi connectivity index (χ3n) is 5.31. The van der Waals surface area contributed by atoms with Crippen molar-refractivity contribution in [1.29, 1.82) is 0 Å². The van der Waals surface area contributed by atoms with Crippen LogP contribution in [0.25, 0.3) is 0 Å². The van der Waals surface area contributed by atoms with Crippen molar-refractivity contribution in [1.82, 2.24) is 10.2 Å². The van der Waals surface area contributed by atoms with E-state index in [9.17, 15) is 13.2 Å². The summed E-state index contributed by atoms with van der Waals surface area (Å²) in [5, 5.41) is 2.59. The Morgan fingerprint density at radius 2 is 2.19 bits per heavy atom. The number of fused-ring (bicyclic) bond motifs is 1. The summed E-state index contributed by atoms with van der Waals surface area (Å²) in [5.74, 6) is 0.0430. The van der Waals surface area contributed by atoms with Crippen molar-refractivity contribution in [3.63, 3.8) is 0 Å². The first kappa shape index (κ1) is 17.8. The van der Waals surface area contributed by atoms with Crippen molar-refractivity contribution in [2.45, 2.75) is 31.2 Å². The largest absolute Gasteiger partial charge is 0.459 e. The average molecular weight is 395 g/mol. The number of aryl methyl sites for hydroxylation is 1. The molecule has 0 saturated carbocycles. The molecule has 140 valence electrons. The van der Waals surface area contributed by atoms with Crippen LogP contribution in [0.15, 0.2) is 34.9 Å². The van der Waals surface area contributed by atoms with Gasteiger partial charge in [0.15, 0.2) is 15.6 Å². The minimum atomic E-state index is -3.12. The van der Waals surface area contributed by atoms with E-state index in [2.05, 4.69) is 29.3 Å². The summed E-state index contributed by atoms with van der Waals surface area (Å²) >= 11 is 1.74. The Morgan fingerprint density at radius 1 is 1.35 bits per heavy atom. The number of amides is 1. The van der Waals surface area contributed by atoms with Gasteiger partial charge in [0.05, 0.1) is 17.3 Å². The number of furan rings is 1. The van der Waals surface area contributed by atoms with Gasteiger partial charge in [-0.05, 0) is 37.6 Å². The molecule has 26 heavy (non-hydrogen) atoms. The van der Waals surface area contributed by atoms with Crippen LogP contribution in [0, 0.1) is 12.8 Å². The van der Waals surface area contributed by atoms with Gasteiger partial charge < -0.3 is 9.73 Å². The maximum Gasteiger partial charge on any atom is 0.287 e. The standard InChI is InChI=1S/C18H22N2O4S2/c1-12-4-5-13(25-12)9-20-10-14-15(6-8-26(22,23)17(14)11-20)19-18(21)16-3-2-7-24-16/h2-5,7,14-15,17H,6,8-11H2,1H3,(H,19,21)/t14-,15-,17-/m1/s1. The first-order valence-electron chi connectivity index (χ1n) is 8.76. The smallest absolute Gasteiger partial charge is 0.287 e. The first-order valence-corrected chi connectivity index (χ1v) is 11.3. The molecule has 2 aromatic rings. The summed E-state index contributed by atoms with van der Waals surface area (Å²) in [5.41, 5.74) is 0. The summed E-state index contributed by atoms with van der Waals surface area (Å²) < 4.78 is 30.3. The first-order chi connectivity index (χ1) is 12.4. The highest BCUT2D eigenvalue weighted by molar-refractivity contribution is 7.92. The highest BCUT2D eigenvalue weighted by Crippen LogP contribution is 2.34. The van der Waals surface area contributed by atoms with E-state index in [1.54, 1.807) is 23.5 Å². The number of rotatable bonds is 4. The number of sulfone groups is 1. The Morgan fingerprint density at radius 3 is 2.88 bits per heavy atom. The van der Waals surface area contributed by atoms with E-state index in [0.29, 0.717) is 19.5 Å². The molecule has 2 saturated heterocycles. The number of hydrogen-bond acceptors (Lipinski definition) is 6. The fourth-order valence-corrected chi connectivity index (χ4v) is 7.11. The van der Waals surface area contributed by atoms with Gasteiger partial charge in [-0.25, -0.2) is 8.42 Å². The Hall–Kier alpha value is -1.64. The van der Waals surface area contributed by atoms with Crippen LogP contribution in [0.5, 0.6) is 0 Å². The second-order valence-electron chi connectivity index (χ2n) is 7.12. The fraction of sp³-hybridized carbons (Fsp3) is 0.500. The number of carbonyl (C=O) groups is 1. The van der Waals surface area contributed by atoms with E-state index in [0.717, 1.165) is 6.54 Å². The summed E-state index contributed by atoms with van der Waals surface area (Å²) in [6, 6.07) is 7.34. The van der Waals surface area contributed by atoms with Crippen molar-refractivity contribution in [2.75, 3.05) is 18.8 Å². The zero-order valence-corrected chi connectivity index (χ0v) is 16.2. The molecule has 6 nitrogen and oxygen atoms in total. The third kappa shape index (κ3) is 3.45. The number of hydrogen-bond donors (Lipinski definition) is 1. The zero-order chi connectivity index (χ0) is 18.3. The molecule has 0 spiro atoms. The SMILES string of the molecule is Cc1ccc(CN2C[C@H]3[C@@H](C2)S(=O)(=O)CC[C@H]3NC(=O)c2ccco2)s1. The molecule has 8 heteroatoms. The lowest BCUT2D eigenvalue weighted by molar-refractivity contribution is 0.0891. The van der Waals surface area contributed by atoms with Gasteiger partial charge in [-0.1, -0.05) is 0 Å². The molecule has 0 bridgehead atoms. The van der Waals surface area contributed by atoms with Gasteiger partial charge in [-0.2, -0.15) is 0 Å². The summed E-state index contributed by atoms with van der Waals surface area (Å²) in [4.78, 5) is 17.0. The number of nitrogens with one attached hydrogen (secondary N) is 1. The summed E-state index contributed by atoms with van der Waals surface area (Å²) in [7, 11) is -3.12. The molecule has 2 aliphatic heterocycles. The lowest BCUT2D eigenvalue weighted by atomic mass is 9.95. The molecule has 1 amide bonds. The predicted octanol–water partition coefficient (Wildman–Crippen LogP) is 2.07. The highest BCUT2D eigenvalue weighted by Gasteiger charge is 2.48. The molecule has 1 N–H and O–H groups in total. The predicted molar refractivity (Wildman–Crippen MR) is 100.0 cm³/mol. The molecule has 0 aromatic carbocycles. The molecule has 0 unspecified atom stereocenters. The summed E-state index contributed by atoms with van der Waals surface area (Å²) in [6.45, 7) is 4.06. The maximum atomic E-state index is 12.6. The topological polar surface area (TPSA) is 79.6 Å². The van der Waals surface area contributed by atoms with Gasteiger partial charge >= 0.3 is 0 Å². The van der Waals surface area contributed by atoms with E-state index in [1.807, 2.05) is 0 Å². The van der Waals surface area contributed by atoms with Gasteiger partial charge in [0.1, 0.15) is 0 Å². The zero-order valence-electron chi connectivity index (χ0n) is 14.6. The minimum Gasteiger partial charge on any atom is -0.459 e. The van der Waals surface area contributed by atoms with Crippen LogP contribution in [0.1, 0.15) is 26.7 Å². The van der Waals surface area contributed by atoms with Crippen molar-refractivity contribution >= 4 is 27.1 Å². The van der Waals surface area contributed by atoms with Gasteiger partial charge in [0, 0.05) is 41.3 Å². The van der Waals surface area contributed by atoms with E-state index in [1.165, 1.54) is 16.0 Å². The van der Waals surface area contributed by atoms with Crippen molar-refractivity contribution in [2.24, 2.45) is 5.92 Å². The number of likely N-dealkylation sites (tertiary alicyclic amines) is 1. The van der Waals surface area contributed by atoms with Crippen LogP contribution < -0.4 is 5.32 Å². The lowest BCUT2D eigenvalue weighted by Crippen LogP contribution is -2.51. The second-order valence-corrected chi connectivity index (χ2v) is 10.8. The Balaban J connectivity index is 1.49. The quantitative estimate of drug-likeness (QED) is 0.859. The molecular weight excluding hydrogens is 372 g/mol. The van der Waals surface area contributed by atoms with Crippen LogP contribution >= 0.6 is 11.3 Å². The van der Waals surface area contributed by atoms with Crippen LogP contribution in [0.4, 0.5) is 0 Å². The molecule has 2 fully saturated rings. The van der Waals surface area contributed by atoms with Gasteiger partial charge in [-0.15, -0.1) is 11.3 Å². The molecule has 4 rings (SSSR count). The van der Waals surface area contributed by atoms with Crippen LogP contribution in [-0.4, -0.2) is 49.4 Å². The molecule has 3 atom stereocenters. The van der Waals surface area contributed by atoms with E-state index < -0.39 is 15.1 Å². The third-order valence-corrected chi connectivity index (χ3v) is 8.52. The molecule has 0 radical (unpaired) electrons. The average Bonchev–Trinajstić information content (AvgIpc) is 3.31. The van der Waals surface area contributed by atoms with E-state index in [4.69, 9.17) is 4.42 Å². The van der Waals surface area contributed by atoms with Gasteiger partial charge in [-0.3, -0.25) is 9.69 Å². The maximum absolute atomic E-state index is 12.6. The second kappa shape index (κ2) is 6.83. The number of thiophene rings is 1. The summed E-state index contributed by atoms with van der Waals surface area (Å²) in [6.07, 6.45) is 1.92. The normalized spacial score (nSPS) is 28.0. The molecule has 2 aromatic heterocycles. The Bertz CT molecular complexity index is 888. The van der Waals surface area contributed by atoms with E-state index in [-0.39, 0.29) is 29.4 Å². The van der Waals surface area contributed by atoms with Crippen molar-refractivity contribution in [3.8, 4) is 0 Å². The van der Waals surface area contributed by atoms with Crippen molar-refractivity contribution < 1.29 is 17.6 Å². The Kier molecular flexibility index (Phi) is 4.66. The van der Waals surface area contributed by atoms with Crippen LogP contribution in [0.2, 0.25) is 0 Å². The molecule has 0 aliphatic carbocycles. The van der Waals surface area contributed by atoms with E-state index >= 15 is 0 Å². The van der Waals surface area contributed by atoms with Crippen LogP contribution in [0.3, 0.4) is 0 Å². The monoisotopic (exact) mass is 394 g/mol. The molecular formula is C18H22N2O4S2. The fourth-order valence-electron chi connectivity index (χ4n) is 4.05. The van der Waals surface area contributed by atoms with Gasteiger partial charge in [0.2, 0.25) is 0 Å². The lowest BCUT2D eigenvalue weighted by Gasteiger charge is -2.33. The number of nitrogens with zero attached hydrogens (tertiary/aromatic N) is 1. The Labute approximate surface area is 157 Å². The number of carbonyl (C=O) groups excluding carboxylic acids is 1. The molecule has 2 aliphatic rings. The molecule has 4 heterocycles. The van der Waals surface area contributed by atoms with Gasteiger partial charge in [0.25, 0.3) is 5.91 Å². The highest BCUT2D eigenvalue weighted by atomic mass is 32.2. The minimum absolute atomic E-state index is 0.0753.